The molecule has 1 unspecified atom stereocenters. The highest BCUT2D eigenvalue weighted by Gasteiger charge is 2.32. The van der Waals surface area contributed by atoms with E-state index in [1.54, 1.807) is 58.9 Å². The maximum atomic E-state index is 13.4. The molecule has 0 aromatic heterocycles. The van der Waals surface area contributed by atoms with E-state index >= 15 is 0 Å². The lowest BCUT2D eigenvalue weighted by atomic mass is 9.89. The summed E-state index contributed by atoms with van der Waals surface area (Å²) in [5.74, 6) is -4.25. The van der Waals surface area contributed by atoms with Gasteiger partial charge < -0.3 is 26.4 Å². The summed E-state index contributed by atoms with van der Waals surface area (Å²) in [7, 11) is 0. The molecule has 1 heterocycles. The number of Topliss-reactive ketones (excluding diaryl/α,β-unsaturated/α-hetero) is 1. The van der Waals surface area contributed by atoms with Gasteiger partial charge in [0.15, 0.2) is 5.78 Å². The van der Waals surface area contributed by atoms with Crippen LogP contribution in [-0.2, 0) is 40.1 Å². The van der Waals surface area contributed by atoms with Gasteiger partial charge in [0.25, 0.3) is 11.8 Å². The third-order valence-electron chi connectivity index (χ3n) is 6.58. The van der Waals surface area contributed by atoms with Gasteiger partial charge in [-0.1, -0.05) is 26.0 Å². The molecule has 2 atom stereocenters. The van der Waals surface area contributed by atoms with E-state index in [2.05, 4.69) is 16.0 Å². The lowest BCUT2D eigenvalue weighted by Gasteiger charge is -2.25. The van der Waals surface area contributed by atoms with Crippen molar-refractivity contribution in [2.75, 3.05) is 18.4 Å². The van der Waals surface area contributed by atoms with Crippen molar-refractivity contribution in [1.82, 2.24) is 15.5 Å². The van der Waals surface area contributed by atoms with E-state index in [9.17, 15) is 33.6 Å². The Labute approximate surface area is 250 Å². The zero-order chi connectivity index (χ0) is 32.3. The van der Waals surface area contributed by atoms with Crippen LogP contribution in [0.3, 0.4) is 0 Å². The molecule has 1 aromatic rings. The van der Waals surface area contributed by atoms with Crippen LogP contribution in [0.4, 0.5) is 10.5 Å². The summed E-state index contributed by atoms with van der Waals surface area (Å²) >= 11 is 0. The number of urea groups is 1. The van der Waals surface area contributed by atoms with E-state index in [1.807, 2.05) is 0 Å². The molecule has 1 aliphatic heterocycles. The largest absolute Gasteiger partial charge is 0.460 e. The third kappa shape index (κ3) is 11.3. The molecule has 0 fully saturated rings. The minimum Gasteiger partial charge on any atom is -0.460 e. The standard InChI is InChI=1S/C30H41N5O8/c1-18(2)26(34-23(37)16-35-24(38)12-13-25(35)39)22(36)15-20(7-6-14-32-29(31)42)27(40)33-21-10-8-19(9-11-21)17-43-28(41)30(3,4)5/h8-13,18,20,26H,6-7,14-17H2,1-5H3,(H,33,40)(H,34,37)(H3,31,32,42)/t20-,26?/m1/s1. The van der Waals surface area contributed by atoms with E-state index in [0.717, 1.165) is 22.6 Å². The summed E-state index contributed by atoms with van der Waals surface area (Å²) in [6.07, 6.45) is 2.51. The Bertz CT molecular complexity index is 1230. The fraction of sp³-hybridized carbons (Fsp3) is 0.500. The van der Waals surface area contributed by atoms with Crippen molar-refractivity contribution in [1.29, 1.82) is 0 Å². The number of primary amides is 1. The van der Waals surface area contributed by atoms with Crippen LogP contribution in [0, 0.1) is 17.3 Å². The van der Waals surface area contributed by atoms with Crippen molar-refractivity contribution < 1.29 is 38.3 Å². The second-order valence-corrected chi connectivity index (χ2v) is 11.7. The molecule has 1 aromatic carbocycles. The zero-order valence-electron chi connectivity index (χ0n) is 25.2. The number of carbonyl (C=O) groups is 7. The van der Waals surface area contributed by atoms with E-state index in [0.29, 0.717) is 12.1 Å². The maximum absolute atomic E-state index is 13.4. The van der Waals surface area contributed by atoms with Crippen LogP contribution in [-0.4, -0.2) is 65.4 Å². The molecule has 0 saturated heterocycles. The molecule has 13 nitrogen and oxygen atoms in total. The van der Waals surface area contributed by atoms with Crippen LogP contribution >= 0.6 is 0 Å². The average Bonchev–Trinajstić information content (AvgIpc) is 3.23. The highest BCUT2D eigenvalue weighted by molar-refractivity contribution is 6.14. The molecule has 43 heavy (non-hydrogen) atoms. The van der Waals surface area contributed by atoms with Crippen molar-refractivity contribution in [3.63, 3.8) is 0 Å². The Morgan fingerprint density at radius 3 is 2.12 bits per heavy atom. The van der Waals surface area contributed by atoms with Crippen LogP contribution in [0.15, 0.2) is 36.4 Å². The van der Waals surface area contributed by atoms with Crippen LogP contribution < -0.4 is 21.7 Å². The van der Waals surface area contributed by atoms with E-state index < -0.39 is 59.4 Å². The van der Waals surface area contributed by atoms with Crippen molar-refractivity contribution in [3.05, 3.63) is 42.0 Å². The van der Waals surface area contributed by atoms with Crippen LogP contribution in [0.1, 0.15) is 59.4 Å². The molecule has 0 aliphatic carbocycles. The van der Waals surface area contributed by atoms with Gasteiger partial charge in [0.2, 0.25) is 11.8 Å². The predicted octanol–water partition coefficient (Wildman–Crippen LogP) is 1.80. The first kappa shape index (κ1) is 34.7. The first-order valence-corrected chi connectivity index (χ1v) is 14.0. The molecule has 0 bridgehead atoms. The second-order valence-electron chi connectivity index (χ2n) is 11.7. The van der Waals surface area contributed by atoms with E-state index in [-0.39, 0.29) is 37.9 Å². The fourth-order valence-electron chi connectivity index (χ4n) is 4.12. The summed E-state index contributed by atoms with van der Waals surface area (Å²) in [6, 6.07) is 5.04. The Hall–Kier alpha value is -4.55. The number of hydrogen-bond donors (Lipinski definition) is 4. The molecule has 6 amide bonds. The van der Waals surface area contributed by atoms with Crippen molar-refractivity contribution in [2.45, 2.75) is 66.5 Å². The Balaban J connectivity index is 2.07. The molecule has 234 valence electrons. The van der Waals surface area contributed by atoms with Gasteiger partial charge in [-0.2, -0.15) is 0 Å². The summed E-state index contributed by atoms with van der Waals surface area (Å²) < 4.78 is 5.31. The summed E-state index contributed by atoms with van der Waals surface area (Å²) in [6.45, 7) is 8.46. The highest BCUT2D eigenvalue weighted by atomic mass is 16.5. The molecule has 0 radical (unpaired) electrons. The molecule has 2 rings (SSSR count). The van der Waals surface area contributed by atoms with Crippen molar-refractivity contribution in [2.24, 2.45) is 23.0 Å². The predicted molar refractivity (Wildman–Crippen MR) is 157 cm³/mol. The van der Waals surface area contributed by atoms with Gasteiger partial charge in [-0.15, -0.1) is 0 Å². The molecular weight excluding hydrogens is 558 g/mol. The fourth-order valence-corrected chi connectivity index (χ4v) is 4.12. The Kier molecular flexibility index (Phi) is 12.6. The molecule has 5 N–H and O–H groups in total. The second kappa shape index (κ2) is 15.6. The van der Waals surface area contributed by atoms with Crippen LogP contribution in [0.2, 0.25) is 0 Å². The van der Waals surface area contributed by atoms with Gasteiger partial charge in [0.1, 0.15) is 13.2 Å². The number of rotatable bonds is 15. The summed E-state index contributed by atoms with van der Waals surface area (Å²) in [5.41, 5.74) is 5.68. The monoisotopic (exact) mass is 599 g/mol. The number of esters is 1. The quantitative estimate of drug-likeness (QED) is 0.133. The summed E-state index contributed by atoms with van der Waals surface area (Å²) in [4.78, 5) is 86.7. The number of amides is 6. The number of nitrogens with one attached hydrogen (secondary N) is 3. The van der Waals surface area contributed by atoms with Crippen LogP contribution in [0.5, 0.6) is 0 Å². The number of ether oxygens (including phenoxy) is 1. The number of hydrogen-bond acceptors (Lipinski definition) is 8. The highest BCUT2D eigenvalue weighted by Crippen LogP contribution is 2.20. The van der Waals surface area contributed by atoms with Gasteiger partial charge in [-0.25, -0.2) is 4.79 Å². The minimum atomic E-state index is -0.970. The molecule has 1 aliphatic rings. The van der Waals surface area contributed by atoms with E-state index in [1.165, 1.54) is 0 Å². The number of ketones is 1. The van der Waals surface area contributed by atoms with Gasteiger partial charge in [-0.3, -0.25) is 33.7 Å². The van der Waals surface area contributed by atoms with E-state index in [4.69, 9.17) is 10.5 Å². The zero-order valence-corrected chi connectivity index (χ0v) is 25.2. The third-order valence-corrected chi connectivity index (χ3v) is 6.58. The molecule has 0 saturated carbocycles. The minimum absolute atomic E-state index is 0.0766. The Morgan fingerprint density at radius 1 is 0.977 bits per heavy atom. The molecule has 0 spiro atoms. The first-order chi connectivity index (χ1) is 20.1. The van der Waals surface area contributed by atoms with Gasteiger partial charge in [-0.05, 0) is 57.2 Å². The molecule has 13 heteroatoms. The first-order valence-electron chi connectivity index (χ1n) is 14.0. The van der Waals surface area contributed by atoms with Gasteiger partial charge in [0, 0.05) is 36.7 Å². The van der Waals surface area contributed by atoms with Gasteiger partial charge in [0.05, 0.1) is 11.5 Å². The SMILES string of the molecule is CC(C)C(NC(=O)CN1C(=O)C=CC1=O)C(=O)C[C@@H](CCCNC(N)=O)C(=O)Nc1ccc(COC(=O)C(C)(C)C)cc1. The number of carbonyl (C=O) groups excluding carboxylic acids is 7. The number of anilines is 1. The van der Waals surface area contributed by atoms with Gasteiger partial charge >= 0.3 is 12.0 Å². The lowest BCUT2D eigenvalue weighted by molar-refractivity contribution is -0.154. The average molecular weight is 600 g/mol. The van der Waals surface area contributed by atoms with Crippen molar-refractivity contribution in [3.8, 4) is 0 Å². The maximum Gasteiger partial charge on any atom is 0.312 e. The number of benzene rings is 1. The van der Waals surface area contributed by atoms with Crippen molar-refractivity contribution >= 4 is 47.1 Å². The Morgan fingerprint density at radius 2 is 1.58 bits per heavy atom. The summed E-state index contributed by atoms with van der Waals surface area (Å²) in [5, 5.41) is 7.84. The lowest BCUT2D eigenvalue weighted by Crippen LogP contribution is -2.49. The molecular formula is C30H41N5O8. The number of nitrogens with two attached hydrogens (primary N) is 1. The smallest absolute Gasteiger partial charge is 0.312 e. The topological polar surface area (TPSA) is 194 Å². The van der Waals surface area contributed by atoms with Crippen LogP contribution in [0.25, 0.3) is 0 Å². The normalized spacial score (nSPS) is 14.3. The number of imide groups is 1. The number of nitrogens with zero attached hydrogens (tertiary/aromatic N) is 1.